The molecule has 1 aromatic carbocycles. The Bertz CT molecular complexity index is 637. The Morgan fingerprint density at radius 3 is 2.76 bits per heavy atom. The van der Waals surface area contributed by atoms with Gasteiger partial charge in [0.1, 0.15) is 5.82 Å². The van der Waals surface area contributed by atoms with Crippen molar-refractivity contribution in [2.75, 3.05) is 11.4 Å². The zero-order chi connectivity index (χ0) is 15.0. The molecule has 0 spiro atoms. The second kappa shape index (κ2) is 5.64. The summed E-state index contributed by atoms with van der Waals surface area (Å²) in [7, 11) is 0. The summed E-state index contributed by atoms with van der Waals surface area (Å²) in [5.74, 6) is 2.51. The van der Waals surface area contributed by atoms with E-state index in [4.69, 9.17) is 10.7 Å². The molecule has 2 heterocycles. The number of piperidine rings is 1. The van der Waals surface area contributed by atoms with Crippen molar-refractivity contribution in [3.8, 4) is 0 Å². The molecule has 3 rings (SSSR count). The molecule has 21 heavy (non-hydrogen) atoms. The molecule has 3 heteroatoms. The fourth-order valence-electron chi connectivity index (χ4n) is 3.55. The number of rotatable bonds is 2. The van der Waals surface area contributed by atoms with Crippen LogP contribution in [0.25, 0.3) is 10.8 Å². The molecule has 0 amide bonds. The van der Waals surface area contributed by atoms with Crippen LogP contribution in [0.4, 0.5) is 5.82 Å². The Morgan fingerprint density at radius 1 is 1.24 bits per heavy atom. The van der Waals surface area contributed by atoms with Crippen LogP contribution >= 0.6 is 0 Å². The first-order chi connectivity index (χ1) is 10.1. The van der Waals surface area contributed by atoms with Gasteiger partial charge in [-0.2, -0.15) is 0 Å². The first kappa shape index (κ1) is 14.3. The smallest absolute Gasteiger partial charge is 0.137 e. The molecule has 1 saturated heterocycles. The van der Waals surface area contributed by atoms with E-state index in [0.717, 1.165) is 18.1 Å². The Kier molecular flexibility index (Phi) is 3.85. The number of nitrogens with zero attached hydrogens (tertiary/aromatic N) is 2. The van der Waals surface area contributed by atoms with Gasteiger partial charge >= 0.3 is 0 Å². The molecule has 2 N–H and O–H groups in total. The summed E-state index contributed by atoms with van der Waals surface area (Å²) in [5, 5.41) is 2.48. The second-order valence-electron chi connectivity index (χ2n) is 6.57. The van der Waals surface area contributed by atoms with Crippen molar-refractivity contribution in [1.29, 1.82) is 0 Å². The number of pyridine rings is 1. The van der Waals surface area contributed by atoms with Gasteiger partial charge in [-0.25, -0.2) is 4.98 Å². The molecule has 1 aliphatic rings. The molecule has 112 valence electrons. The van der Waals surface area contributed by atoms with Crippen molar-refractivity contribution >= 4 is 16.6 Å². The first-order valence-electron chi connectivity index (χ1n) is 7.95. The summed E-state index contributed by atoms with van der Waals surface area (Å²) in [4.78, 5) is 7.35. The summed E-state index contributed by atoms with van der Waals surface area (Å²) in [6.07, 6.45) is 1.30. The van der Waals surface area contributed by atoms with Crippen LogP contribution in [0.5, 0.6) is 0 Å². The minimum atomic E-state index is 0.491. The number of benzene rings is 1. The standard InChI is InChI=1S/C18H25N3/c1-12-8-13(2)14(3)21(11-12)18-17-7-5-4-6-15(17)9-16(10-19)20-18/h4-7,9,12-14H,8,10-11,19H2,1-3H3. The summed E-state index contributed by atoms with van der Waals surface area (Å²) >= 11 is 0. The van der Waals surface area contributed by atoms with Gasteiger partial charge in [-0.05, 0) is 36.6 Å². The number of fused-ring (bicyclic) bond motifs is 1. The van der Waals surface area contributed by atoms with E-state index in [2.05, 4.69) is 56.0 Å². The van der Waals surface area contributed by atoms with Crippen LogP contribution in [0, 0.1) is 11.8 Å². The lowest BCUT2D eigenvalue weighted by molar-refractivity contribution is 0.296. The number of nitrogens with two attached hydrogens (primary N) is 1. The lowest BCUT2D eigenvalue weighted by Gasteiger charge is -2.42. The highest BCUT2D eigenvalue weighted by Crippen LogP contribution is 2.34. The molecule has 0 aliphatic carbocycles. The molecule has 3 atom stereocenters. The van der Waals surface area contributed by atoms with Gasteiger partial charge in [0.15, 0.2) is 0 Å². The number of aromatic nitrogens is 1. The predicted octanol–water partition coefficient (Wildman–Crippen LogP) is 3.56. The molecule has 1 aromatic heterocycles. The fraction of sp³-hybridized carbons (Fsp3) is 0.500. The molecular formula is C18H25N3. The van der Waals surface area contributed by atoms with Gasteiger partial charge in [0.25, 0.3) is 0 Å². The Balaban J connectivity index is 2.13. The third kappa shape index (κ3) is 2.62. The Labute approximate surface area is 127 Å². The van der Waals surface area contributed by atoms with Crippen LogP contribution in [0.1, 0.15) is 32.9 Å². The van der Waals surface area contributed by atoms with Gasteiger partial charge < -0.3 is 10.6 Å². The van der Waals surface area contributed by atoms with Gasteiger partial charge in [0.05, 0.1) is 5.69 Å². The van der Waals surface area contributed by atoms with Crippen molar-refractivity contribution in [3.05, 3.63) is 36.0 Å². The zero-order valence-electron chi connectivity index (χ0n) is 13.2. The maximum Gasteiger partial charge on any atom is 0.137 e. The second-order valence-corrected chi connectivity index (χ2v) is 6.57. The van der Waals surface area contributed by atoms with E-state index in [1.807, 2.05) is 0 Å². The third-order valence-electron chi connectivity index (χ3n) is 4.85. The summed E-state index contributed by atoms with van der Waals surface area (Å²) in [6.45, 7) is 8.58. The topological polar surface area (TPSA) is 42.2 Å². The Hall–Kier alpha value is -1.61. The van der Waals surface area contributed by atoms with E-state index in [1.165, 1.54) is 17.2 Å². The molecule has 1 fully saturated rings. The van der Waals surface area contributed by atoms with E-state index in [0.29, 0.717) is 24.4 Å². The SMILES string of the molecule is CC1CC(C)C(C)N(c2nc(CN)cc3ccccc23)C1. The van der Waals surface area contributed by atoms with E-state index in [1.54, 1.807) is 0 Å². The van der Waals surface area contributed by atoms with Crippen molar-refractivity contribution < 1.29 is 0 Å². The van der Waals surface area contributed by atoms with E-state index in [-0.39, 0.29) is 0 Å². The van der Waals surface area contributed by atoms with Crippen LogP contribution in [-0.4, -0.2) is 17.6 Å². The van der Waals surface area contributed by atoms with E-state index >= 15 is 0 Å². The molecule has 3 unspecified atom stereocenters. The Morgan fingerprint density at radius 2 is 2.00 bits per heavy atom. The van der Waals surface area contributed by atoms with Crippen molar-refractivity contribution in [2.24, 2.45) is 17.6 Å². The van der Waals surface area contributed by atoms with Gasteiger partial charge in [0, 0.05) is 24.5 Å². The van der Waals surface area contributed by atoms with Crippen molar-refractivity contribution in [3.63, 3.8) is 0 Å². The highest BCUT2D eigenvalue weighted by Gasteiger charge is 2.30. The highest BCUT2D eigenvalue weighted by molar-refractivity contribution is 5.92. The predicted molar refractivity (Wildman–Crippen MR) is 89.4 cm³/mol. The first-order valence-corrected chi connectivity index (χ1v) is 7.95. The van der Waals surface area contributed by atoms with E-state index in [9.17, 15) is 0 Å². The monoisotopic (exact) mass is 283 g/mol. The van der Waals surface area contributed by atoms with Gasteiger partial charge in [-0.15, -0.1) is 0 Å². The maximum atomic E-state index is 5.85. The molecule has 0 bridgehead atoms. The third-order valence-corrected chi connectivity index (χ3v) is 4.85. The summed E-state index contributed by atoms with van der Waals surface area (Å²) < 4.78 is 0. The van der Waals surface area contributed by atoms with Gasteiger partial charge in [-0.1, -0.05) is 38.1 Å². The van der Waals surface area contributed by atoms with Gasteiger partial charge in [0.2, 0.25) is 0 Å². The molecule has 0 radical (unpaired) electrons. The minimum Gasteiger partial charge on any atom is -0.353 e. The number of hydrogen-bond donors (Lipinski definition) is 1. The average molecular weight is 283 g/mol. The van der Waals surface area contributed by atoms with Crippen molar-refractivity contribution in [1.82, 2.24) is 4.98 Å². The minimum absolute atomic E-state index is 0.491. The fourth-order valence-corrected chi connectivity index (χ4v) is 3.55. The molecule has 2 aromatic rings. The van der Waals surface area contributed by atoms with Crippen molar-refractivity contribution in [2.45, 2.75) is 39.8 Å². The average Bonchev–Trinajstić information content (AvgIpc) is 2.49. The number of anilines is 1. The van der Waals surface area contributed by atoms with Crippen LogP contribution in [0.3, 0.4) is 0 Å². The quantitative estimate of drug-likeness (QED) is 0.916. The molecule has 0 saturated carbocycles. The lowest BCUT2D eigenvalue weighted by atomic mass is 9.86. The highest BCUT2D eigenvalue weighted by atomic mass is 15.2. The zero-order valence-corrected chi connectivity index (χ0v) is 13.2. The molecular weight excluding hydrogens is 258 g/mol. The molecule has 1 aliphatic heterocycles. The van der Waals surface area contributed by atoms with Crippen LogP contribution in [0.15, 0.2) is 30.3 Å². The summed E-state index contributed by atoms with van der Waals surface area (Å²) in [5.41, 5.74) is 6.82. The van der Waals surface area contributed by atoms with Crippen LogP contribution in [-0.2, 0) is 6.54 Å². The number of hydrogen-bond acceptors (Lipinski definition) is 3. The largest absolute Gasteiger partial charge is 0.353 e. The van der Waals surface area contributed by atoms with Crippen LogP contribution in [0.2, 0.25) is 0 Å². The normalized spacial score (nSPS) is 26.3. The molecule has 3 nitrogen and oxygen atoms in total. The van der Waals surface area contributed by atoms with Gasteiger partial charge in [-0.3, -0.25) is 0 Å². The maximum absolute atomic E-state index is 5.85. The lowest BCUT2D eigenvalue weighted by Crippen LogP contribution is -2.46. The van der Waals surface area contributed by atoms with E-state index < -0.39 is 0 Å². The van der Waals surface area contributed by atoms with Crippen LogP contribution < -0.4 is 10.6 Å². The summed E-state index contributed by atoms with van der Waals surface area (Å²) in [6, 6.07) is 11.1.